The third-order valence-corrected chi connectivity index (χ3v) is 4.89. The highest BCUT2D eigenvalue weighted by Crippen LogP contribution is 2.29. The number of benzene rings is 2. The van der Waals surface area contributed by atoms with Crippen molar-refractivity contribution in [1.82, 2.24) is 25.2 Å². The molecule has 0 aliphatic rings. The third-order valence-electron chi connectivity index (χ3n) is 4.08. The Kier molecular flexibility index (Phi) is 5.18. The first-order valence-electron chi connectivity index (χ1n) is 8.30. The Bertz CT molecular complexity index is 1120. The van der Waals surface area contributed by atoms with Crippen molar-refractivity contribution < 1.29 is 4.39 Å². The molecule has 4 aromatic rings. The lowest BCUT2D eigenvalue weighted by molar-refractivity contribution is 0.627. The molecular weight excluding hydrogens is 402 g/mol. The summed E-state index contributed by atoms with van der Waals surface area (Å²) < 4.78 is 15.3. The van der Waals surface area contributed by atoms with E-state index in [1.807, 2.05) is 18.2 Å². The summed E-state index contributed by atoms with van der Waals surface area (Å²) in [6.45, 7) is 0.352. The van der Waals surface area contributed by atoms with Crippen molar-refractivity contribution in [3.8, 4) is 16.9 Å². The minimum atomic E-state index is -0.333. The average molecular weight is 415 g/mol. The van der Waals surface area contributed by atoms with Crippen LogP contribution < -0.4 is 5.32 Å². The lowest BCUT2D eigenvalue weighted by atomic mass is 10.0. The van der Waals surface area contributed by atoms with E-state index >= 15 is 0 Å². The van der Waals surface area contributed by atoms with Gasteiger partial charge in [-0.3, -0.25) is 4.98 Å². The summed E-state index contributed by atoms with van der Waals surface area (Å²) in [4.78, 5) is 4.31. The van der Waals surface area contributed by atoms with Gasteiger partial charge in [-0.15, -0.1) is 0 Å². The second kappa shape index (κ2) is 7.92. The maximum Gasteiger partial charge on any atom is 0.248 e. The van der Waals surface area contributed by atoms with E-state index in [1.54, 1.807) is 30.5 Å². The molecule has 0 radical (unpaired) electrons. The van der Waals surface area contributed by atoms with Gasteiger partial charge in [-0.2, -0.15) is 4.68 Å². The molecule has 28 heavy (non-hydrogen) atoms. The van der Waals surface area contributed by atoms with Crippen molar-refractivity contribution in [1.29, 1.82) is 0 Å². The third kappa shape index (κ3) is 3.67. The number of hydrogen-bond acceptors (Lipinski definition) is 5. The number of tetrazole rings is 1. The molecule has 0 aliphatic heterocycles. The van der Waals surface area contributed by atoms with Crippen molar-refractivity contribution in [3.63, 3.8) is 0 Å². The van der Waals surface area contributed by atoms with Gasteiger partial charge in [0.1, 0.15) is 5.82 Å². The highest BCUT2D eigenvalue weighted by Gasteiger charge is 2.14. The van der Waals surface area contributed by atoms with E-state index in [-0.39, 0.29) is 5.82 Å². The summed E-state index contributed by atoms with van der Waals surface area (Å²) in [5.74, 6) is 0.0420. The van der Waals surface area contributed by atoms with Crippen LogP contribution in [0.1, 0.15) is 5.56 Å². The van der Waals surface area contributed by atoms with Crippen LogP contribution in [-0.2, 0) is 6.54 Å². The zero-order valence-corrected chi connectivity index (χ0v) is 15.9. The van der Waals surface area contributed by atoms with E-state index < -0.39 is 0 Å². The molecule has 1 N–H and O–H groups in total. The molecule has 0 aliphatic carbocycles. The fourth-order valence-electron chi connectivity index (χ4n) is 2.75. The van der Waals surface area contributed by atoms with Crippen LogP contribution in [0.3, 0.4) is 0 Å². The molecule has 0 unspecified atom stereocenters. The lowest BCUT2D eigenvalue weighted by Crippen LogP contribution is -2.09. The summed E-state index contributed by atoms with van der Waals surface area (Å²) in [7, 11) is 0. The minimum absolute atomic E-state index is 0.333. The number of pyridine rings is 1. The molecule has 0 fully saturated rings. The van der Waals surface area contributed by atoms with Gasteiger partial charge >= 0.3 is 0 Å². The summed E-state index contributed by atoms with van der Waals surface area (Å²) in [5.41, 5.74) is 2.75. The molecule has 0 bridgehead atoms. The van der Waals surface area contributed by atoms with Crippen molar-refractivity contribution >= 4 is 29.2 Å². The molecule has 0 atom stereocenters. The van der Waals surface area contributed by atoms with Crippen LogP contribution in [-0.4, -0.2) is 25.2 Å². The van der Waals surface area contributed by atoms with Gasteiger partial charge in [-0.1, -0.05) is 46.5 Å². The normalized spacial score (nSPS) is 10.8. The summed E-state index contributed by atoms with van der Waals surface area (Å²) in [6, 6.07) is 15.2. The van der Waals surface area contributed by atoms with Crippen molar-refractivity contribution in [2.45, 2.75) is 6.54 Å². The predicted octanol–water partition coefficient (Wildman–Crippen LogP) is 4.78. The van der Waals surface area contributed by atoms with Crippen molar-refractivity contribution in [2.24, 2.45) is 0 Å². The van der Waals surface area contributed by atoms with Crippen molar-refractivity contribution in [2.75, 3.05) is 5.32 Å². The number of nitrogens with one attached hydrogen (secondary N) is 1. The highest BCUT2D eigenvalue weighted by molar-refractivity contribution is 6.43. The smallest absolute Gasteiger partial charge is 0.248 e. The first kappa shape index (κ1) is 18.3. The van der Waals surface area contributed by atoms with Crippen LogP contribution in [0.15, 0.2) is 60.8 Å². The van der Waals surface area contributed by atoms with E-state index in [4.69, 9.17) is 23.2 Å². The molecular formula is C19H13Cl2FN6. The Balaban J connectivity index is 1.64. The van der Waals surface area contributed by atoms with Crippen LogP contribution in [0.4, 0.5) is 10.3 Å². The molecule has 0 spiro atoms. The Hall–Kier alpha value is -3.03. The van der Waals surface area contributed by atoms with E-state index in [0.717, 1.165) is 5.56 Å². The van der Waals surface area contributed by atoms with Crippen LogP contribution in [0.5, 0.6) is 0 Å². The molecule has 9 heteroatoms. The molecule has 2 aromatic heterocycles. The Morgan fingerprint density at radius 3 is 2.75 bits per heavy atom. The monoisotopic (exact) mass is 414 g/mol. The van der Waals surface area contributed by atoms with E-state index in [0.29, 0.717) is 39.5 Å². The molecule has 2 heterocycles. The SMILES string of the molecule is Fc1ccc(CNc2nnnn2-c2cccc(Cl)c2Cl)c(-c2ccccn2)c1. The van der Waals surface area contributed by atoms with Gasteiger partial charge in [0.15, 0.2) is 0 Å². The van der Waals surface area contributed by atoms with Gasteiger partial charge < -0.3 is 5.32 Å². The maximum absolute atomic E-state index is 13.8. The predicted molar refractivity (Wildman–Crippen MR) is 106 cm³/mol. The van der Waals surface area contributed by atoms with Crippen molar-refractivity contribution in [3.05, 3.63) is 82.2 Å². The van der Waals surface area contributed by atoms with Gasteiger partial charge in [-0.25, -0.2) is 4.39 Å². The summed E-state index contributed by atoms with van der Waals surface area (Å²) in [6.07, 6.45) is 1.67. The molecule has 0 saturated carbocycles. The fraction of sp³-hybridized carbons (Fsp3) is 0.0526. The topological polar surface area (TPSA) is 68.5 Å². The molecule has 4 rings (SSSR count). The van der Waals surface area contributed by atoms with E-state index in [9.17, 15) is 4.39 Å². The Morgan fingerprint density at radius 2 is 1.93 bits per heavy atom. The molecule has 0 amide bonds. The van der Waals surface area contributed by atoms with Gasteiger partial charge in [0.05, 0.1) is 21.4 Å². The summed E-state index contributed by atoms with van der Waals surface area (Å²) in [5, 5.41) is 15.6. The fourth-order valence-corrected chi connectivity index (χ4v) is 3.13. The first-order valence-corrected chi connectivity index (χ1v) is 9.05. The number of hydrogen-bond donors (Lipinski definition) is 1. The second-order valence-corrected chi connectivity index (χ2v) is 6.64. The Morgan fingerprint density at radius 1 is 1.04 bits per heavy atom. The largest absolute Gasteiger partial charge is 0.349 e. The number of aromatic nitrogens is 5. The highest BCUT2D eigenvalue weighted by atomic mass is 35.5. The van der Waals surface area contributed by atoms with Crippen LogP contribution in [0, 0.1) is 5.82 Å². The first-order chi connectivity index (χ1) is 13.6. The summed E-state index contributed by atoms with van der Waals surface area (Å²) >= 11 is 12.4. The molecule has 140 valence electrons. The van der Waals surface area contributed by atoms with Gasteiger partial charge in [0.25, 0.3) is 0 Å². The number of anilines is 1. The van der Waals surface area contributed by atoms with Crippen LogP contribution in [0.25, 0.3) is 16.9 Å². The minimum Gasteiger partial charge on any atom is -0.349 e. The van der Waals surface area contributed by atoms with E-state index in [1.165, 1.54) is 16.8 Å². The lowest BCUT2D eigenvalue weighted by Gasteiger charge is -2.12. The van der Waals surface area contributed by atoms with Gasteiger partial charge in [0.2, 0.25) is 5.95 Å². The van der Waals surface area contributed by atoms with Gasteiger partial charge in [-0.05, 0) is 52.4 Å². The standard InChI is InChI=1S/C19H13Cl2FN6/c20-15-4-3-6-17(18(15)21)28-19(25-26-27-28)24-11-12-7-8-13(22)10-14(12)16-5-1-2-9-23-16/h1-10H,11H2,(H,24,25,27). The van der Waals surface area contributed by atoms with Crippen LogP contribution >= 0.6 is 23.2 Å². The quantitative estimate of drug-likeness (QED) is 0.508. The molecule has 2 aromatic carbocycles. The number of rotatable bonds is 5. The maximum atomic E-state index is 13.8. The number of nitrogens with zero attached hydrogens (tertiary/aromatic N) is 5. The second-order valence-electron chi connectivity index (χ2n) is 5.86. The number of halogens is 3. The zero-order chi connectivity index (χ0) is 19.5. The van der Waals surface area contributed by atoms with Gasteiger partial charge in [0, 0.05) is 18.3 Å². The Labute approximate surface area is 169 Å². The van der Waals surface area contributed by atoms with E-state index in [2.05, 4.69) is 25.8 Å². The zero-order valence-electron chi connectivity index (χ0n) is 14.4. The molecule has 0 saturated heterocycles. The average Bonchev–Trinajstić information content (AvgIpc) is 3.18. The van der Waals surface area contributed by atoms with Crippen LogP contribution in [0.2, 0.25) is 10.0 Å². The molecule has 6 nitrogen and oxygen atoms in total.